The summed E-state index contributed by atoms with van der Waals surface area (Å²) in [7, 11) is 3.27. The van der Waals surface area contributed by atoms with E-state index in [-0.39, 0.29) is 6.04 Å². The van der Waals surface area contributed by atoms with Gasteiger partial charge in [0.05, 0.1) is 20.3 Å². The van der Waals surface area contributed by atoms with Crippen molar-refractivity contribution in [3.8, 4) is 11.5 Å². The fourth-order valence-electron chi connectivity index (χ4n) is 2.21. The minimum absolute atomic E-state index is 0.118. The third-order valence-electron chi connectivity index (χ3n) is 3.31. The van der Waals surface area contributed by atoms with Crippen molar-refractivity contribution >= 4 is 27.3 Å². The lowest BCUT2D eigenvalue weighted by molar-refractivity contribution is 0.383. The van der Waals surface area contributed by atoms with Crippen molar-refractivity contribution in [1.29, 1.82) is 0 Å². The smallest absolute Gasteiger partial charge is 0.142 e. The summed E-state index contributed by atoms with van der Waals surface area (Å²) in [5, 5.41) is 0. The normalized spacial score (nSPS) is 12.2. The van der Waals surface area contributed by atoms with Gasteiger partial charge in [0.1, 0.15) is 16.0 Å². The number of hydrogen-bond donors (Lipinski definition) is 2. The molecule has 0 aliphatic heterocycles. The van der Waals surface area contributed by atoms with E-state index in [0.717, 1.165) is 32.8 Å². The highest BCUT2D eigenvalue weighted by Crippen LogP contribution is 2.42. The lowest BCUT2D eigenvalue weighted by Crippen LogP contribution is -2.28. The predicted octanol–water partition coefficient (Wildman–Crippen LogP) is 3.64. The van der Waals surface area contributed by atoms with E-state index in [2.05, 4.69) is 40.4 Å². The van der Waals surface area contributed by atoms with Crippen LogP contribution in [0.15, 0.2) is 28.7 Å². The van der Waals surface area contributed by atoms with Gasteiger partial charge in [-0.05, 0) is 46.6 Å². The summed E-state index contributed by atoms with van der Waals surface area (Å²) in [6.07, 6.45) is 1.02. The third kappa shape index (κ3) is 3.23. The van der Waals surface area contributed by atoms with E-state index in [1.54, 1.807) is 25.6 Å². The number of hydrazine groups is 1. The van der Waals surface area contributed by atoms with Gasteiger partial charge in [0, 0.05) is 15.3 Å². The number of thiophene rings is 1. The molecule has 114 valence electrons. The van der Waals surface area contributed by atoms with Crippen molar-refractivity contribution in [3.63, 3.8) is 0 Å². The molecule has 0 fully saturated rings. The second kappa shape index (κ2) is 7.26. The number of hydrogen-bond acceptors (Lipinski definition) is 5. The number of halogens is 1. The first-order chi connectivity index (χ1) is 10.2. The Morgan fingerprint density at radius 2 is 2.00 bits per heavy atom. The van der Waals surface area contributed by atoms with Crippen LogP contribution in [0.1, 0.15) is 28.3 Å². The van der Waals surface area contributed by atoms with Gasteiger partial charge in [0.25, 0.3) is 0 Å². The predicted molar refractivity (Wildman–Crippen MR) is 90.1 cm³/mol. The molecule has 1 heterocycles. The molecule has 0 saturated carbocycles. The Hall–Kier alpha value is -1.08. The highest BCUT2D eigenvalue weighted by Gasteiger charge is 2.22. The molecule has 6 heteroatoms. The molecule has 1 atom stereocenters. The molecule has 2 aromatic rings. The Labute approximate surface area is 137 Å². The van der Waals surface area contributed by atoms with E-state index in [4.69, 9.17) is 15.3 Å². The molecule has 1 aromatic carbocycles. The molecule has 1 aromatic heterocycles. The summed E-state index contributed by atoms with van der Waals surface area (Å²) in [4.78, 5) is 2.49. The number of methoxy groups -OCH3 is 2. The zero-order chi connectivity index (χ0) is 15.4. The van der Waals surface area contributed by atoms with Crippen LogP contribution in [0.3, 0.4) is 0 Å². The Balaban J connectivity index is 2.49. The number of ether oxygens (including phenoxy) is 2. The third-order valence-corrected chi connectivity index (χ3v) is 5.35. The zero-order valence-electron chi connectivity index (χ0n) is 12.3. The van der Waals surface area contributed by atoms with Crippen LogP contribution >= 0.6 is 27.3 Å². The van der Waals surface area contributed by atoms with Crippen molar-refractivity contribution < 1.29 is 9.47 Å². The van der Waals surface area contributed by atoms with Crippen molar-refractivity contribution in [2.45, 2.75) is 19.4 Å². The van der Waals surface area contributed by atoms with Crippen LogP contribution in [-0.2, 0) is 6.42 Å². The lowest BCUT2D eigenvalue weighted by atomic mass is 10.0. The fourth-order valence-corrected chi connectivity index (χ4v) is 3.93. The van der Waals surface area contributed by atoms with Crippen LogP contribution in [0.25, 0.3) is 0 Å². The number of nitrogens with one attached hydrogen (secondary N) is 1. The fraction of sp³-hybridized carbons (Fsp3) is 0.333. The summed E-state index contributed by atoms with van der Waals surface area (Å²) in [5.41, 5.74) is 3.85. The van der Waals surface area contributed by atoms with Crippen molar-refractivity contribution in [3.05, 3.63) is 44.1 Å². The van der Waals surface area contributed by atoms with Gasteiger partial charge in [-0.25, -0.2) is 5.43 Å². The quantitative estimate of drug-likeness (QED) is 0.601. The molecule has 0 aliphatic carbocycles. The van der Waals surface area contributed by atoms with Crippen LogP contribution in [-0.4, -0.2) is 14.2 Å². The molecular formula is C15H19BrN2O2S. The van der Waals surface area contributed by atoms with Gasteiger partial charge in [0.15, 0.2) is 0 Å². The Morgan fingerprint density at radius 3 is 2.52 bits per heavy atom. The number of rotatable bonds is 6. The average molecular weight is 371 g/mol. The zero-order valence-corrected chi connectivity index (χ0v) is 14.7. The van der Waals surface area contributed by atoms with Crippen LogP contribution < -0.4 is 20.7 Å². The molecule has 0 radical (unpaired) electrons. The largest absolute Gasteiger partial charge is 0.495 e. The molecule has 0 aliphatic rings. The van der Waals surface area contributed by atoms with Crippen molar-refractivity contribution in [2.24, 2.45) is 5.84 Å². The minimum atomic E-state index is -0.118. The summed E-state index contributed by atoms with van der Waals surface area (Å²) in [6, 6.07) is 7.99. The SMILES string of the molecule is CCc1ccc(C(NN)c2ccc(OC)c(Br)c2OC)s1. The van der Waals surface area contributed by atoms with Gasteiger partial charge in [-0.15, -0.1) is 11.3 Å². The topological polar surface area (TPSA) is 56.5 Å². The minimum Gasteiger partial charge on any atom is -0.495 e. The van der Waals surface area contributed by atoms with E-state index in [1.165, 1.54) is 4.88 Å². The molecule has 0 spiro atoms. The highest BCUT2D eigenvalue weighted by molar-refractivity contribution is 9.10. The highest BCUT2D eigenvalue weighted by atomic mass is 79.9. The number of aryl methyl sites for hydroxylation is 1. The molecule has 1 unspecified atom stereocenters. The Bertz CT molecular complexity index is 616. The van der Waals surface area contributed by atoms with E-state index < -0.39 is 0 Å². The first-order valence-electron chi connectivity index (χ1n) is 6.61. The summed E-state index contributed by atoms with van der Waals surface area (Å²) in [6.45, 7) is 2.14. The maximum Gasteiger partial charge on any atom is 0.142 e. The monoisotopic (exact) mass is 370 g/mol. The molecule has 0 saturated heterocycles. The van der Waals surface area contributed by atoms with Gasteiger partial charge < -0.3 is 9.47 Å². The summed E-state index contributed by atoms with van der Waals surface area (Å²) in [5.74, 6) is 7.24. The second-order valence-corrected chi connectivity index (χ2v) is 6.45. The van der Waals surface area contributed by atoms with Crippen molar-refractivity contribution in [1.82, 2.24) is 5.43 Å². The molecule has 4 nitrogen and oxygen atoms in total. The lowest BCUT2D eigenvalue weighted by Gasteiger charge is -2.20. The Kier molecular flexibility index (Phi) is 5.64. The van der Waals surface area contributed by atoms with E-state index in [0.29, 0.717) is 0 Å². The number of nitrogens with two attached hydrogens (primary N) is 1. The van der Waals surface area contributed by atoms with Gasteiger partial charge in [-0.3, -0.25) is 5.84 Å². The van der Waals surface area contributed by atoms with Gasteiger partial charge >= 0.3 is 0 Å². The van der Waals surface area contributed by atoms with E-state index in [9.17, 15) is 0 Å². The number of benzene rings is 1. The van der Waals surface area contributed by atoms with E-state index >= 15 is 0 Å². The summed E-state index contributed by atoms with van der Waals surface area (Å²) < 4.78 is 11.6. The standard InChI is InChI=1S/C15H19BrN2O2S/c1-4-9-5-8-12(21-9)14(18-17)10-6-7-11(19-2)13(16)15(10)20-3/h5-8,14,18H,4,17H2,1-3H3. The molecule has 21 heavy (non-hydrogen) atoms. The van der Waals surface area contributed by atoms with Crippen LogP contribution in [0.5, 0.6) is 11.5 Å². The molecule has 0 amide bonds. The maximum atomic E-state index is 5.79. The van der Waals surface area contributed by atoms with Gasteiger partial charge in [-0.2, -0.15) is 0 Å². The van der Waals surface area contributed by atoms with Crippen molar-refractivity contribution in [2.75, 3.05) is 14.2 Å². The van der Waals surface area contributed by atoms with E-state index in [1.807, 2.05) is 12.1 Å². The molecular weight excluding hydrogens is 352 g/mol. The van der Waals surface area contributed by atoms with Gasteiger partial charge in [0.2, 0.25) is 0 Å². The van der Waals surface area contributed by atoms with Gasteiger partial charge in [-0.1, -0.05) is 6.92 Å². The van der Waals surface area contributed by atoms with Crippen LogP contribution in [0.2, 0.25) is 0 Å². The maximum absolute atomic E-state index is 5.79. The average Bonchev–Trinajstić information content (AvgIpc) is 2.97. The molecule has 2 rings (SSSR count). The molecule has 0 bridgehead atoms. The van der Waals surface area contributed by atoms with Crippen LogP contribution in [0, 0.1) is 0 Å². The molecule has 3 N–H and O–H groups in total. The summed E-state index contributed by atoms with van der Waals surface area (Å²) >= 11 is 5.28. The first kappa shape index (κ1) is 16.3. The van der Waals surface area contributed by atoms with Crippen LogP contribution in [0.4, 0.5) is 0 Å². The second-order valence-electron chi connectivity index (χ2n) is 4.46. The Morgan fingerprint density at radius 1 is 1.24 bits per heavy atom. The first-order valence-corrected chi connectivity index (χ1v) is 8.22.